The number of rotatable bonds is 8. The molecule has 4 aromatic rings. The Morgan fingerprint density at radius 1 is 1.09 bits per heavy atom. The number of carbonyl (C=O) groups is 2. The van der Waals surface area contributed by atoms with Crippen LogP contribution in [0.1, 0.15) is 23.0 Å². The minimum absolute atomic E-state index is 0.0567. The second-order valence-corrected chi connectivity index (χ2v) is 8.15. The minimum Gasteiger partial charge on any atom is -0.494 e. The number of esters is 1. The van der Waals surface area contributed by atoms with Gasteiger partial charge in [0.25, 0.3) is 0 Å². The summed E-state index contributed by atoms with van der Waals surface area (Å²) in [6, 6.07) is 14.3. The Hall–Kier alpha value is -3.92. The van der Waals surface area contributed by atoms with Crippen LogP contribution in [0.25, 0.3) is 16.6 Å². The lowest BCUT2D eigenvalue weighted by molar-refractivity contribution is -0.113. The number of fused-ring (bicyclic) bond motifs is 1. The van der Waals surface area contributed by atoms with E-state index in [1.165, 1.54) is 11.8 Å². The van der Waals surface area contributed by atoms with Crippen molar-refractivity contribution in [2.24, 2.45) is 0 Å². The summed E-state index contributed by atoms with van der Waals surface area (Å²) in [5.74, 6) is -0.0640. The maximum absolute atomic E-state index is 12.7. The van der Waals surface area contributed by atoms with Crippen molar-refractivity contribution in [1.82, 2.24) is 20.0 Å². The number of carbonyl (C=O) groups excluding carboxylic acids is 2. The molecule has 0 unspecified atom stereocenters. The molecule has 4 rings (SSSR count). The summed E-state index contributed by atoms with van der Waals surface area (Å²) in [5.41, 5.74) is 2.91. The molecule has 9 nitrogen and oxygen atoms in total. The van der Waals surface area contributed by atoms with E-state index >= 15 is 0 Å². The zero-order chi connectivity index (χ0) is 24.1. The van der Waals surface area contributed by atoms with E-state index in [2.05, 4.69) is 20.6 Å². The number of ether oxygens (including phenoxy) is 2. The number of para-hydroxylation sites is 3. The molecule has 34 heavy (non-hydrogen) atoms. The van der Waals surface area contributed by atoms with Crippen LogP contribution >= 0.6 is 11.8 Å². The van der Waals surface area contributed by atoms with Crippen LogP contribution in [0.2, 0.25) is 0 Å². The number of nitrogens with zero attached hydrogens (tertiary/aromatic N) is 4. The Morgan fingerprint density at radius 3 is 2.65 bits per heavy atom. The van der Waals surface area contributed by atoms with Crippen LogP contribution < -0.4 is 10.1 Å². The van der Waals surface area contributed by atoms with Gasteiger partial charge in [-0.3, -0.25) is 4.79 Å². The van der Waals surface area contributed by atoms with E-state index in [0.717, 1.165) is 22.3 Å². The molecular formula is C24H23N5O4S. The van der Waals surface area contributed by atoms with Crippen molar-refractivity contribution >= 4 is 40.2 Å². The van der Waals surface area contributed by atoms with E-state index in [1.807, 2.05) is 31.2 Å². The molecule has 0 saturated heterocycles. The molecule has 2 heterocycles. The van der Waals surface area contributed by atoms with Crippen LogP contribution in [0.15, 0.2) is 59.8 Å². The fourth-order valence-electron chi connectivity index (χ4n) is 3.42. The van der Waals surface area contributed by atoms with E-state index in [-0.39, 0.29) is 18.3 Å². The lowest BCUT2D eigenvalue weighted by Crippen LogP contribution is -2.17. The van der Waals surface area contributed by atoms with Crippen LogP contribution in [0.3, 0.4) is 0 Å². The van der Waals surface area contributed by atoms with Gasteiger partial charge in [-0.15, -0.1) is 5.10 Å². The molecule has 2 aromatic carbocycles. The third-order valence-electron chi connectivity index (χ3n) is 5.00. The second kappa shape index (κ2) is 10.3. The van der Waals surface area contributed by atoms with Crippen LogP contribution in [0.4, 0.5) is 5.69 Å². The van der Waals surface area contributed by atoms with Crippen LogP contribution in [0.5, 0.6) is 5.75 Å². The van der Waals surface area contributed by atoms with Gasteiger partial charge in [-0.1, -0.05) is 36.0 Å². The van der Waals surface area contributed by atoms with Gasteiger partial charge in [0.05, 0.1) is 42.6 Å². The quantitative estimate of drug-likeness (QED) is 0.299. The minimum atomic E-state index is -0.488. The first-order valence-electron chi connectivity index (χ1n) is 10.6. The summed E-state index contributed by atoms with van der Waals surface area (Å²) in [4.78, 5) is 24.9. The Morgan fingerprint density at radius 2 is 1.85 bits per heavy atom. The molecule has 0 saturated carbocycles. The zero-order valence-electron chi connectivity index (χ0n) is 18.9. The van der Waals surface area contributed by atoms with Gasteiger partial charge in [0.1, 0.15) is 22.0 Å². The Labute approximate surface area is 200 Å². The van der Waals surface area contributed by atoms with Crippen molar-refractivity contribution < 1.29 is 19.1 Å². The van der Waals surface area contributed by atoms with Gasteiger partial charge in [-0.2, -0.15) is 10.2 Å². The molecule has 0 aliphatic rings. The van der Waals surface area contributed by atoms with E-state index in [9.17, 15) is 9.59 Å². The van der Waals surface area contributed by atoms with Crippen molar-refractivity contribution in [3.8, 4) is 11.4 Å². The molecule has 1 N–H and O–H groups in total. The molecule has 2 aromatic heterocycles. The first kappa shape index (κ1) is 23.2. The molecular weight excluding hydrogens is 454 g/mol. The summed E-state index contributed by atoms with van der Waals surface area (Å²) < 4.78 is 12.3. The molecule has 0 bridgehead atoms. The number of thioether (sulfide) groups is 1. The van der Waals surface area contributed by atoms with E-state index in [4.69, 9.17) is 9.47 Å². The lowest BCUT2D eigenvalue weighted by atomic mass is 10.2. The predicted octanol–water partition coefficient (Wildman–Crippen LogP) is 4.04. The van der Waals surface area contributed by atoms with E-state index in [1.54, 1.807) is 49.2 Å². The van der Waals surface area contributed by atoms with Gasteiger partial charge in [0.15, 0.2) is 0 Å². The molecule has 10 heteroatoms. The highest BCUT2D eigenvalue weighted by atomic mass is 32.2. The topological polar surface area (TPSA) is 108 Å². The van der Waals surface area contributed by atoms with Gasteiger partial charge in [-0.25, -0.2) is 9.48 Å². The van der Waals surface area contributed by atoms with Crippen molar-refractivity contribution in [3.63, 3.8) is 0 Å². The Bertz CT molecular complexity index is 1350. The van der Waals surface area contributed by atoms with Crippen molar-refractivity contribution in [1.29, 1.82) is 0 Å². The largest absolute Gasteiger partial charge is 0.494 e. The number of amides is 1. The lowest BCUT2D eigenvalue weighted by Gasteiger charge is -2.12. The third-order valence-corrected chi connectivity index (χ3v) is 5.96. The third kappa shape index (κ3) is 4.72. The number of hydrogen-bond donors (Lipinski definition) is 1. The van der Waals surface area contributed by atoms with Crippen molar-refractivity contribution in [3.05, 3.63) is 66.0 Å². The monoisotopic (exact) mass is 477 g/mol. The standard InChI is InChI=1S/C24H23N5O4S/c1-4-33-24(31)16-9-5-6-10-18(16)26-21(30)14-34-23-22-17(15(2)27-28-23)13-25-29(22)19-11-7-8-12-20(19)32-3/h5-13H,4,14H2,1-3H3,(H,26,30). The molecule has 174 valence electrons. The van der Waals surface area contributed by atoms with Gasteiger partial charge in [0, 0.05) is 5.39 Å². The number of aryl methyl sites for hydroxylation is 1. The average Bonchev–Trinajstić information content (AvgIpc) is 3.30. The van der Waals surface area contributed by atoms with Gasteiger partial charge in [-0.05, 0) is 38.1 Å². The summed E-state index contributed by atoms with van der Waals surface area (Å²) in [6.07, 6.45) is 1.73. The predicted molar refractivity (Wildman–Crippen MR) is 130 cm³/mol. The summed E-state index contributed by atoms with van der Waals surface area (Å²) in [5, 5.41) is 17.3. The van der Waals surface area contributed by atoms with E-state index < -0.39 is 5.97 Å². The van der Waals surface area contributed by atoms with Gasteiger partial charge >= 0.3 is 5.97 Å². The first-order valence-corrected chi connectivity index (χ1v) is 11.5. The highest BCUT2D eigenvalue weighted by molar-refractivity contribution is 8.00. The van der Waals surface area contributed by atoms with E-state index in [0.29, 0.717) is 22.0 Å². The van der Waals surface area contributed by atoms with Gasteiger partial charge in [0.2, 0.25) is 5.91 Å². The fourth-order valence-corrected chi connectivity index (χ4v) is 4.20. The molecule has 0 radical (unpaired) electrons. The number of aromatic nitrogens is 4. The number of nitrogens with one attached hydrogen (secondary N) is 1. The Kier molecular flexibility index (Phi) is 7.07. The molecule has 0 fully saturated rings. The summed E-state index contributed by atoms with van der Waals surface area (Å²) >= 11 is 1.23. The van der Waals surface area contributed by atoms with Gasteiger partial charge < -0.3 is 14.8 Å². The van der Waals surface area contributed by atoms with Crippen LogP contribution in [0, 0.1) is 6.92 Å². The summed E-state index contributed by atoms with van der Waals surface area (Å²) in [6.45, 7) is 3.84. The number of hydrogen-bond acceptors (Lipinski definition) is 8. The number of methoxy groups -OCH3 is 1. The second-order valence-electron chi connectivity index (χ2n) is 7.18. The SMILES string of the molecule is CCOC(=O)c1ccccc1NC(=O)CSc1nnc(C)c2cnn(-c3ccccc3OC)c12. The highest BCUT2D eigenvalue weighted by Crippen LogP contribution is 2.32. The Balaban J connectivity index is 1.59. The molecule has 0 atom stereocenters. The summed E-state index contributed by atoms with van der Waals surface area (Å²) in [7, 11) is 1.60. The maximum atomic E-state index is 12.7. The maximum Gasteiger partial charge on any atom is 0.340 e. The number of benzene rings is 2. The highest BCUT2D eigenvalue weighted by Gasteiger charge is 2.19. The molecule has 0 aliphatic heterocycles. The normalized spacial score (nSPS) is 10.8. The average molecular weight is 478 g/mol. The fraction of sp³-hybridized carbons (Fsp3) is 0.208. The zero-order valence-corrected chi connectivity index (χ0v) is 19.8. The molecule has 0 spiro atoms. The number of anilines is 1. The first-order chi connectivity index (χ1) is 16.5. The van der Waals surface area contributed by atoms with Crippen molar-refractivity contribution in [2.75, 3.05) is 24.8 Å². The molecule has 1 amide bonds. The van der Waals surface area contributed by atoms with Crippen LogP contribution in [-0.4, -0.2) is 51.3 Å². The van der Waals surface area contributed by atoms with Crippen molar-refractivity contribution in [2.45, 2.75) is 18.9 Å². The molecule has 0 aliphatic carbocycles. The van der Waals surface area contributed by atoms with Crippen LogP contribution in [-0.2, 0) is 9.53 Å². The smallest absolute Gasteiger partial charge is 0.340 e.